The number of nitrogens with zero attached hydrogens (tertiary/aromatic N) is 1. The molecule has 0 saturated heterocycles. The molecule has 1 rings (SSSR count). The van der Waals surface area contributed by atoms with Gasteiger partial charge in [-0.05, 0) is 6.07 Å². The van der Waals surface area contributed by atoms with Crippen LogP contribution < -0.4 is 11.2 Å². The molecule has 0 atom stereocenters. The lowest BCUT2D eigenvalue weighted by atomic mass is 10.2. The summed E-state index contributed by atoms with van der Waals surface area (Å²) in [5.41, 5.74) is 5.63. The molecule has 0 saturated carbocycles. The molecule has 86 valence electrons. The van der Waals surface area contributed by atoms with Crippen molar-refractivity contribution < 1.29 is 22.4 Å². The number of rotatable bonds is 2. The first-order valence-electron chi connectivity index (χ1n) is 3.85. The average Bonchev–Trinajstić information content (AvgIpc) is 2.22. The summed E-state index contributed by atoms with van der Waals surface area (Å²) in [6.45, 7) is 0. The first-order valence-corrected chi connectivity index (χ1v) is 3.85. The average molecular weight is 235 g/mol. The maximum absolute atomic E-state index is 13.0. The molecule has 0 radical (unpaired) electrons. The van der Waals surface area contributed by atoms with Crippen LogP contribution in [0.3, 0.4) is 0 Å². The molecule has 1 aromatic rings. The number of halogens is 4. The molecule has 16 heavy (non-hydrogen) atoms. The van der Waals surface area contributed by atoms with Crippen molar-refractivity contribution in [1.82, 2.24) is 5.43 Å². The molecule has 8 heteroatoms. The van der Waals surface area contributed by atoms with Crippen LogP contribution in [0.15, 0.2) is 11.2 Å². The third-order valence-electron chi connectivity index (χ3n) is 1.51. The molecule has 0 aliphatic rings. The van der Waals surface area contributed by atoms with Gasteiger partial charge in [0.05, 0.1) is 6.21 Å². The van der Waals surface area contributed by atoms with E-state index >= 15 is 0 Å². The van der Waals surface area contributed by atoms with Crippen LogP contribution in [0.5, 0.6) is 0 Å². The number of amides is 2. The Morgan fingerprint density at radius 2 is 1.88 bits per heavy atom. The second-order valence-corrected chi connectivity index (χ2v) is 2.62. The monoisotopic (exact) mass is 235 g/mol. The Bertz CT molecular complexity index is 461. The summed E-state index contributed by atoms with van der Waals surface area (Å²) in [6.07, 6.45) is 0.589. The lowest BCUT2D eigenvalue weighted by molar-refractivity contribution is 0.249. The zero-order chi connectivity index (χ0) is 12.3. The summed E-state index contributed by atoms with van der Waals surface area (Å²) in [6, 6.07) is -0.653. The van der Waals surface area contributed by atoms with Crippen LogP contribution in [0.1, 0.15) is 5.56 Å². The van der Waals surface area contributed by atoms with Crippen molar-refractivity contribution in [3.05, 3.63) is 34.9 Å². The van der Waals surface area contributed by atoms with E-state index in [4.69, 9.17) is 0 Å². The van der Waals surface area contributed by atoms with Crippen molar-refractivity contribution in [1.29, 1.82) is 0 Å². The summed E-state index contributed by atoms with van der Waals surface area (Å²) in [7, 11) is 0. The van der Waals surface area contributed by atoms with E-state index in [-0.39, 0.29) is 0 Å². The molecule has 3 N–H and O–H groups in total. The molecule has 2 amide bonds. The van der Waals surface area contributed by atoms with Gasteiger partial charge in [-0.25, -0.2) is 27.8 Å². The summed E-state index contributed by atoms with van der Waals surface area (Å²) in [5, 5.41) is 3.07. The second-order valence-electron chi connectivity index (χ2n) is 2.62. The molecular weight excluding hydrogens is 230 g/mol. The summed E-state index contributed by atoms with van der Waals surface area (Å²) in [5.74, 6) is -7.06. The Morgan fingerprint density at radius 3 is 2.44 bits per heavy atom. The lowest BCUT2D eigenvalue weighted by Crippen LogP contribution is -2.24. The standard InChI is InChI=1S/C8H5F4N3O/c9-4-1-3(2-14-15-8(13)16)5(10)7(12)6(4)11/h1-2H,(H3,13,15,16). The number of carbonyl (C=O) groups excluding carboxylic acids is 1. The second kappa shape index (κ2) is 4.60. The van der Waals surface area contributed by atoms with Crippen LogP contribution in [-0.2, 0) is 0 Å². The molecule has 4 nitrogen and oxygen atoms in total. The van der Waals surface area contributed by atoms with Crippen LogP contribution in [0.25, 0.3) is 0 Å². The number of benzene rings is 1. The number of carbonyl (C=O) groups is 1. The number of primary amides is 1. The van der Waals surface area contributed by atoms with Crippen LogP contribution >= 0.6 is 0 Å². The first kappa shape index (κ1) is 12.0. The van der Waals surface area contributed by atoms with Gasteiger partial charge >= 0.3 is 6.03 Å². The van der Waals surface area contributed by atoms with Gasteiger partial charge in [0.25, 0.3) is 0 Å². The van der Waals surface area contributed by atoms with Gasteiger partial charge in [0.1, 0.15) is 0 Å². The van der Waals surface area contributed by atoms with E-state index in [1.165, 1.54) is 0 Å². The summed E-state index contributed by atoms with van der Waals surface area (Å²) < 4.78 is 50.8. The Morgan fingerprint density at radius 1 is 1.25 bits per heavy atom. The van der Waals surface area contributed by atoms with Gasteiger partial charge in [0.15, 0.2) is 23.3 Å². The number of hydrazone groups is 1. The molecule has 1 aromatic carbocycles. The van der Waals surface area contributed by atoms with E-state index in [0.717, 1.165) is 0 Å². The van der Waals surface area contributed by atoms with Crippen molar-refractivity contribution in [3.63, 3.8) is 0 Å². The van der Waals surface area contributed by atoms with Crippen molar-refractivity contribution in [2.75, 3.05) is 0 Å². The van der Waals surface area contributed by atoms with E-state index in [9.17, 15) is 22.4 Å². The minimum atomic E-state index is -1.96. The number of urea groups is 1. The normalized spacial score (nSPS) is 10.8. The van der Waals surface area contributed by atoms with Gasteiger partial charge in [-0.2, -0.15) is 5.10 Å². The highest BCUT2D eigenvalue weighted by molar-refractivity contribution is 5.81. The molecule has 0 aliphatic heterocycles. The zero-order valence-electron chi connectivity index (χ0n) is 7.60. The van der Waals surface area contributed by atoms with Crippen LogP contribution in [0.4, 0.5) is 22.4 Å². The van der Waals surface area contributed by atoms with E-state index in [0.29, 0.717) is 12.3 Å². The number of nitrogens with two attached hydrogens (primary N) is 1. The van der Waals surface area contributed by atoms with E-state index in [2.05, 4.69) is 10.8 Å². The molecule has 0 fully saturated rings. The first-order chi connectivity index (χ1) is 7.43. The van der Waals surface area contributed by atoms with Gasteiger partial charge in [0.2, 0.25) is 0 Å². The Labute approximate surface area is 86.7 Å². The summed E-state index contributed by atoms with van der Waals surface area (Å²) >= 11 is 0. The van der Waals surface area contributed by atoms with Gasteiger partial charge in [0, 0.05) is 5.56 Å². The smallest absolute Gasteiger partial charge is 0.332 e. The fraction of sp³-hybridized carbons (Fsp3) is 0. The third kappa shape index (κ3) is 2.47. The third-order valence-corrected chi connectivity index (χ3v) is 1.51. The van der Waals surface area contributed by atoms with Gasteiger partial charge in [-0.1, -0.05) is 0 Å². The number of hydrogen-bond acceptors (Lipinski definition) is 2. The summed E-state index contributed by atoms with van der Waals surface area (Å²) in [4.78, 5) is 10.2. The van der Waals surface area contributed by atoms with Crippen LogP contribution in [0, 0.1) is 23.3 Å². The predicted molar refractivity (Wildman–Crippen MR) is 46.6 cm³/mol. The van der Waals surface area contributed by atoms with Crippen LogP contribution in [-0.4, -0.2) is 12.2 Å². The van der Waals surface area contributed by atoms with Crippen molar-refractivity contribution in [2.24, 2.45) is 10.8 Å². The van der Waals surface area contributed by atoms with Crippen LogP contribution in [0.2, 0.25) is 0 Å². The minimum absolute atomic E-state index is 0.389. The SMILES string of the molecule is NC(=O)NN=Cc1cc(F)c(F)c(F)c1F. The highest BCUT2D eigenvalue weighted by atomic mass is 19.2. The molecule has 0 unspecified atom stereocenters. The zero-order valence-corrected chi connectivity index (χ0v) is 7.60. The number of nitrogens with one attached hydrogen (secondary N) is 1. The predicted octanol–water partition coefficient (Wildman–Crippen LogP) is 1.25. The molecule has 0 spiro atoms. The maximum atomic E-state index is 13.0. The van der Waals surface area contributed by atoms with Gasteiger partial charge in [-0.15, -0.1) is 0 Å². The lowest BCUT2D eigenvalue weighted by Gasteiger charge is -2.00. The quantitative estimate of drug-likeness (QED) is 0.261. The van der Waals surface area contributed by atoms with Gasteiger partial charge in [-0.3, -0.25) is 0 Å². The van der Waals surface area contributed by atoms with Crippen molar-refractivity contribution in [2.45, 2.75) is 0 Å². The fourth-order valence-corrected chi connectivity index (χ4v) is 0.851. The maximum Gasteiger partial charge on any atom is 0.332 e. The van der Waals surface area contributed by atoms with E-state index in [1.807, 2.05) is 0 Å². The highest BCUT2D eigenvalue weighted by Crippen LogP contribution is 2.17. The van der Waals surface area contributed by atoms with Crippen molar-refractivity contribution >= 4 is 12.2 Å². The fourth-order valence-electron chi connectivity index (χ4n) is 0.851. The van der Waals surface area contributed by atoms with E-state index < -0.39 is 34.9 Å². The Kier molecular flexibility index (Phi) is 3.44. The number of hydrogen-bond donors (Lipinski definition) is 2. The molecule has 0 aliphatic carbocycles. The molecular formula is C8H5F4N3O. The highest BCUT2D eigenvalue weighted by Gasteiger charge is 2.17. The molecule has 0 bridgehead atoms. The largest absolute Gasteiger partial charge is 0.350 e. The Hall–Kier alpha value is -2.12. The molecule has 0 heterocycles. The van der Waals surface area contributed by atoms with E-state index in [1.54, 1.807) is 5.43 Å². The minimum Gasteiger partial charge on any atom is -0.350 e. The Balaban J connectivity index is 3.06. The van der Waals surface area contributed by atoms with Gasteiger partial charge < -0.3 is 5.73 Å². The van der Waals surface area contributed by atoms with Crippen molar-refractivity contribution in [3.8, 4) is 0 Å². The topological polar surface area (TPSA) is 67.5 Å². The molecule has 0 aromatic heterocycles.